The van der Waals surface area contributed by atoms with Crippen LogP contribution in [0.25, 0.3) is 0 Å². The smallest absolute Gasteiger partial charge is 0.410 e. The topological polar surface area (TPSA) is 71.1 Å². The standard InChI is InChI=1S/C20H35N3O4/c1-20(2,3)27-18(24)21-16-7-4-5-8-17(16)22-12-9-15(10-13-22)23-11-6-14-26-19(23)25/h15-17H,4-14H2,1-3H3,(H,21,24)/t16-,17?/m0/s1. The number of carbonyl (C=O) groups is 2. The molecule has 0 aromatic rings. The van der Waals surface area contributed by atoms with Gasteiger partial charge in [-0.3, -0.25) is 4.90 Å². The fraction of sp³-hybridized carbons (Fsp3) is 0.900. The molecule has 1 aliphatic carbocycles. The number of likely N-dealkylation sites (tertiary alicyclic amines) is 1. The number of nitrogens with zero attached hydrogens (tertiary/aromatic N) is 2. The zero-order valence-corrected chi connectivity index (χ0v) is 17.0. The van der Waals surface area contributed by atoms with Crippen LogP contribution in [0.1, 0.15) is 65.7 Å². The molecular formula is C20H35N3O4. The summed E-state index contributed by atoms with van der Waals surface area (Å²) < 4.78 is 10.7. The van der Waals surface area contributed by atoms with E-state index < -0.39 is 5.60 Å². The van der Waals surface area contributed by atoms with E-state index >= 15 is 0 Å². The van der Waals surface area contributed by atoms with Gasteiger partial charge in [0, 0.05) is 37.8 Å². The van der Waals surface area contributed by atoms with Gasteiger partial charge in [-0.1, -0.05) is 12.8 Å². The van der Waals surface area contributed by atoms with E-state index in [2.05, 4.69) is 10.2 Å². The summed E-state index contributed by atoms with van der Waals surface area (Å²) in [7, 11) is 0. The van der Waals surface area contributed by atoms with E-state index in [-0.39, 0.29) is 24.3 Å². The van der Waals surface area contributed by atoms with Crippen molar-refractivity contribution in [2.75, 3.05) is 26.2 Å². The molecule has 154 valence electrons. The molecule has 7 heteroatoms. The Hall–Kier alpha value is -1.50. The molecule has 0 aromatic heterocycles. The summed E-state index contributed by atoms with van der Waals surface area (Å²) in [5.74, 6) is 0. The Kier molecular flexibility index (Phi) is 6.50. The van der Waals surface area contributed by atoms with Crippen molar-refractivity contribution in [3.05, 3.63) is 0 Å². The molecule has 1 saturated carbocycles. The zero-order valence-electron chi connectivity index (χ0n) is 17.0. The predicted molar refractivity (Wildman–Crippen MR) is 103 cm³/mol. The third kappa shape index (κ3) is 5.50. The first-order valence-corrected chi connectivity index (χ1v) is 10.5. The fourth-order valence-corrected chi connectivity index (χ4v) is 4.61. The number of ether oxygens (including phenoxy) is 2. The van der Waals surface area contributed by atoms with Crippen molar-refractivity contribution in [1.29, 1.82) is 0 Å². The van der Waals surface area contributed by atoms with Crippen LogP contribution in [-0.2, 0) is 9.47 Å². The Morgan fingerprint density at radius 1 is 1.07 bits per heavy atom. The number of amides is 2. The summed E-state index contributed by atoms with van der Waals surface area (Å²) in [6.45, 7) is 8.96. The van der Waals surface area contributed by atoms with Crippen LogP contribution >= 0.6 is 0 Å². The fourth-order valence-electron chi connectivity index (χ4n) is 4.61. The lowest BCUT2D eigenvalue weighted by atomic mass is 9.87. The molecule has 3 rings (SSSR count). The minimum Gasteiger partial charge on any atom is -0.449 e. The number of alkyl carbamates (subject to hydrolysis) is 1. The van der Waals surface area contributed by atoms with E-state index in [1.807, 2.05) is 25.7 Å². The maximum atomic E-state index is 12.2. The Bertz CT molecular complexity index is 526. The lowest BCUT2D eigenvalue weighted by Gasteiger charge is -2.45. The molecule has 1 unspecified atom stereocenters. The number of piperidine rings is 1. The summed E-state index contributed by atoms with van der Waals surface area (Å²) in [5.41, 5.74) is -0.477. The summed E-state index contributed by atoms with van der Waals surface area (Å²) in [4.78, 5) is 28.7. The minimum atomic E-state index is -0.477. The monoisotopic (exact) mass is 381 g/mol. The molecule has 27 heavy (non-hydrogen) atoms. The molecule has 2 aliphatic heterocycles. The van der Waals surface area contributed by atoms with Gasteiger partial charge in [-0.2, -0.15) is 0 Å². The molecular weight excluding hydrogens is 346 g/mol. The molecule has 7 nitrogen and oxygen atoms in total. The van der Waals surface area contributed by atoms with Crippen LogP contribution in [-0.4, -0.2) is 72.0 Å². The van der Waals surface area contributed by atoms with Crippen molar-refractivity contribution in [1.82, 2.24) is 15.1 Å². The number of rotatable bonds is 3. The van der Waals surface area contributed by atoms with Gasteiger partial charge in [-0.25, -0.2) is 9.59 Å². The molecule has 3 aliphatic rings. The largest absolute Gasteiger partial charge is 0.449 e. The number of nitrogens with one attached hydrogen (secondary N) is 1. The Balaban J connectivity index is 1.53. The van der Waals surface area contributed by atoms with Crippen molar-refractivity contribution in [3.8, 4) is 0 Å². The average Bonchev–Trinajstić information content (AvgIpc) is 2.61. The normalized spacial score (nSPS) is 28.6. The molecule has 2 amide bonds. The highest BCUT2D eigenvalue weighted by molar-refractivity contribution is 5.69. The summed E-state index contributed by atoms with van der Waals surface area (Å²) in [6, 6.07) is 0.792. The Morgan fingerprint density at radius 3 is 2.44 bits per heavy atom. The highest BCUT2D eigenvalue weighted by atomic mass is 16.6. The third-order valence-electron chi connectivity index (χ3n) is 5.84. The van der Waals surface area contributed by atoms with Crippen molar-refractivity contribution < 1.29 is 19.1 Å². The second kappa shape index (κ2) is 8.67. The van der Waals surface area contributed by atoms with Crippen LogP contribution < -0.4 is 5.32 Å². The molecule has 2 saturated heterocycles. The van der Waals surface area contributed by atoms with Gasteiger partial charge in [-0.15, -0.1) is 0 Å². The van der Waals surface area contributed by atoms with Gasteiger partial charge in [0.15, 0.2) is 0 Å². The minimum absolute atomic E-state index is 0.144. The lowest BCUT2D eigenvalue weighted by Crippen LogP contribution is -2.57. The van der Waals surface area contributed by atoms with E-state index in [0.717, 1.165) is 58.2 Å². The van der Waals surface area contributed by atoms with Crippen molar-refractivity contribution in [3.63, 3.8) is 0 Å². The second-order valence-electron chi connectivity index (χ2n) is 9.03. The van der Waals surface area contributed by atoms with Crippen molar-refractivity contribution in [2.24, 2.45) is 0 Å². The summed E-state index contributed by atoms with van der Waals surface area (Å²) in [5, 5.41) is 3.12. The van der Waals surface area contributed by atoms with Gasteiger partial charge in [-0.05, 0) is 52.9 Å². The van der Waals surface area contributed by atoms with Gasteiger partial charge in [0.25, 0.3) is 0 Å². The molecule has 2 heterocycles. The quantitative estimate of drug-likeness (QED) is 0.813. The first-order valence-electron chi connectivity index (χ1n) is 10.5. The molecule has 2 atom stereocenters. The van der Waals surface area contributed by atoms with Gasteiger partial charge >= 0.3 is 12.2 Å². The van der Waals surface area contributed by atoms with E-state index in [1.54, 1.807) is 0 Å². The number of carbonyl (C=O) groups excluding carboxylic acids is 2. The van der Waals surface area contributed by atoms with Crippen LogP contribution in [0.4, 0.5) is 9.59 Å². The second-order valence-corrected chi connectivity index (χ2v) is 9.03. The van der Waals surface area contributed by atoms with E-state index in [0.29, 0.717) is 12.6 Å². The Morgan fingerprint density at radius 2 is 1.78 bits per heavy atom. The third-order valence-corrected chi connectivity index (χ3v) is 5.84. The Labute approximate surface area is 162 Å². The van der Waals surface area contributed by atoms with E-state index in [1.165, 1.54) is 6.42 Å². The molecule has 0 aromatic carbocycles. The molecule has 0 spiro atoms. The van der Waals surface area contributed by atoms with Gasteiger partial charge in [0.2, 0.25) is 0 Å². The van der Waals surface area contributed by atoms with Crippen LogP contribution in [0.2, 0.25) is 0 Å². The van der Waals surface area contributed by atoms with E-state index in [4.69, 9.17) is 9.47 Å². The van der Waals surface area contributed by atoms with Gasteiger partial charge in [0.05, 0.1) is 6.61 Å². The maximum absolute atomic E-state index is 12.2. The first-order chi connectivity index (χ1) is 12.8. The van der Waals surface area contributed by atoms with Crippen LogP contribution in [0.3, 0.4) is 0 Å². The van der Waals surface area contributed by atoms with Gasteiger partial charge in [0.1, 0.15) is 5.60 Å². The SMILES string of the molecule is CC(C)(C)OC(=O)N[C@H]1CCCCC1N1CCC(N2CCCOC2=O)CC1. The van der Waals surface area contributed by atoms with Crippen molar-refractivity contribution in [2.45, 2.75) is 89.4 Å². The molecule has 3 fully saturated rings. The number of hydrogen-bond donors (Lipinski definition) is 1. The van der Waals surface area contributed by atoms with Crippen LogP contribution in [0, 0.1) is 0 Å². The molecule has 0 radical (unpaired) electrons. The molecule has 0 bridgehead atoms. The number of cyclic esters (lactones) is 1. The van der Waals surface area contributed by atoms with Crippen LogP contribution in [0.5, 0.6) is 0 Å². The average molecular weight is 382 g/mol. The zero-order chi connectivity index (χ0) is 19.4. The maximum Gasteiger partial charge on any atom is 0.410 e. The summed E-state index contributed by atoms with van der Waals surface area (Å²) in [6.07, 6.45) is 6.88. The molecule has 1 N–H and O–H groups in total. The predicted octanol–water partition coefficient (Wildman–Crippen LogP) is 3.13. The number of hydrogen-bond acceptors (Lipinski definition) is 5. The van der Waals surface area contributed by atoms with Crippen LogP contribution in [0.15, 0.2) is 0 Å². The summed E-state index contributed by atoms with van der Waals surface area (Å²) >= 11 is 0. The highest BCUT2D eigenvalue weighted by Gasteiger charge is 2.36. The van der Waals surface area contributed by atoms with E-state index in [9.17, 15) is 9.59 Å². The lowest BCUT2D eigenvalue weighted by molar-refractivity contribution is 0.0191. The van der Waals surface area contributed by atoms with Gasteiger partial charge < -0.3 is 19.7 Å². The first kappa shape index (κ1) is 20.2. The van der Waals surface area contributed by atoms with Crippen molar-refractivity contribution >= 4 is 12.2 Å². The highest BCUT2D eigenvalue weighted by Crippen LogP contribution is 2.28.